The molecule has 1 N–H and O–H groups in total. The number of carbonyl (C=O) groups is 1. The third-order valence-electron chi connectivity index (χ3n) is 2.67. The first-order valence-corrected chi connectivity index (χ1v) is 8.36. The fraction of sp³-hybridized carbons (Fsp3) is 0.0625. The van der Waals surface area contributed by atoms with Crippen LogP contribution in [0.5, 0.6) is 0 Å². The Morgan fingerprint density at radius 3 is 2.81 bits per heavy atom. The van der Waals surface area contributed by atoms with Gasteiger partial charge in [0, 0.05) is 20.7 Å². The number of anilines is 1. The molecule has 0 aliphatic rings. The lowest BCUT2D eigenvalue weighted by molar-refractivity contribution is 0.102. The number of para-hydroxylation sites is 1. The molecule has 0 aliphatic carbocycles. The maximum absolute atomic E-state index is 12.3. The molecule has 5 heteroatoms. The van der Waals surface area contributed by atoms with Gasteiger partial charge in [0.1, 0.15) is 0 Å². The summed E-state index contributed by atoms with van der Waals surface area (Å²) in [5.74, 6) is 0.623. The molecule has 2 nitrogen and oxygen atoms in total. The van der Waals surface area contributed by atoms with Crippen LogP contribution in [-0.2, 0) is 0 Å². The Hall–Kier alpha value is -1.23. The van der Waals surface area contributed by atoms with Crippen LogP contribution in [0.25, 0.3) is 0 Å². The molecular weight excluding hydrogens is 370 g/mol. The number of benzene rings is 2. The quantitative estimate of drug-likeness (QED) is 0.536. The summed E-state index contributed by atoms with van der Waals surface area (Å²) in [6.45, 7) is 3.71. The molecule has 0 heterocycles. The lowest BCUT2D eigenvalue weighted by atomic mass is 10.2. The van der Waals surface area contributed by atoms with Crippen molar-refractivity contribution in [3.05, 3.63) is 70.2 Å². The molecular formula is C16H13BrClNOS. The Kier molecular flexibility index (Phi) is 5.91. The molecule has 0 saturated heterocycles. The highest BCUT2D eigenvalue weighted by Crippen LogP contribution is 2.28. The van der Waals surface area contributed by atoms with Crippen LogP contribution < -0.4 is 5.32 Å². The zero-order valence-electron chi connectivity index (χ0n) is 11.1. The van der Waals surface area contributed by atoms with E-state index in [0.29, 0.717) is 15.1 Å². The topological polar surface area (TPSA) is 29.1 Å². The summed E-state index contributed by atoms with van der Waals surface area (Å²) in [5, 5.41) is 3.50. The van der Waals surface area contributed by atoms with Crippen molar-refractivity contribution in [2.75, 3.05) is 11.1 Å². The van der Waals surface area contributed by atoms with Gasteiger partial charge < -0.3 is 5.32 Å². The maximum Gasteiger partial charge on any atom is 0.255 e. The fourth-order valence-corrected chi connectivity index (χ4v) is 2.92. The van der Waals surface area contributed by atoms with E-state index in [9.17, 15) is 4.79 Å². The first-order valence-electron chi connectivity index (χ1n) is 6.21. The van der Waals surface area contributed by atoms with Crippen LogP contribution >= 0.6 is 39.3 Å². The summed E-state index contributed by atoms with van der Waals surface area (Å²) in [5.41, 5.74) is 1.34. The lowest BCUT2D eigenvalue weighted by Gasteiger charge is -2.10. The van der Waals surface area contributed by atoms with Gasteiger partial charge in [-0.15, -0.1) is 18.3 Å². The summed E-state index contributed by atoms with van der Waals surface area (Å²) >= 11 is 10.9. The number of hydrogen-bond donors (Lipinski definition) is 1. The van der Waals surface area contributed by atoms with Gasteiger partial charge in [0.15, 0.2) is 0 Å². The van der Waals surface area contributed by atoms with Gasteiger partial charge in [-0.25, -0.2) is 0 Å². The highest BCUT2D eigenvalue weighted by atomic mass is 79.9. The van der Waals surface area contributed by atoms with Crippen molar-refractivity contribution >= 4 is 50.9 Å². The molecule has 0 fully saturated rings. The molecule has 108 valence electrons. The van der Waals surface area contributed by atoms with Gasteiger partial charge in [0.25, 0.3) is 5.91 Å². The molecule has 0 atom stereocenters. The van der Waals surface area contributed by atoms with E-state index in [1.807, 2.05) is 30.3 Å². The van der Waals surface area contributed by atoms with Crippen molar-refractivity contribution in [3.63, 3.8) is 0 Å². The largest absolute Gasteiger partial charge is 0.321 e. The van der Waals surface area contributed by atoms with Gasteiger partial charge in [0.05, 0.1) is 10.7 Å². The molecule has 0 radical (unpaired) electrons. The molecule has 0 spiro atoms. The Balaban J connectivity index is 2.19. The van der Waals surface area contributed by atoms with Crippen molar-refractivity contribution < 1.29 is 4.79 Å². The van der Waals surface area contributed by atoms with E-state index in [2.05, 4.69) is 27.8 Å². The van der Waals surface area contributed by atoms with Gasteiger partial charge >= 0.3 is 0 Å². The van der Waals surface area contributed by atoms with Crippen LogP contribution in [0.15, 0.2) is 64.5 Å². The standard InChI is InChI=1S/C16H13BrClNOS/c1-2-9-21-15-6-4-3-5-14(15)19-16(20)11-7-8-13(18)12(17)10-11/h2-8,10H,1,9H2,(H,19,20). The van der Waals surface area contributed by atoms with E-state index in [0.717, 1.165) is 16.3 Å². The van der Waals surface area contributed by atoms with Gasteiger partial charge in [-0.2, -0.15) is 0 Å². The smallest absolute Gasteiger partial charge is 0.255 e. The minimum Gasteiger partial charge on any atom is -0.321 e. The predicted octanol–water partition coefficient (Wildman–Crippen LogP) is 5.63. The van der Waals surface area contributed by atoms with Crippen molar-refractivity contribution in [1.82, 2.24) is 0 Å². The van der Waals surface area contributed by atoms with E-state index in [-0.39, 0.29) is 5.91 Å². The molecule has 0 bridgehead atoms. The summed E-state index contributed by atoms with van der Waals surface area (Å²) in [7, 11) is 0. The van der Waals surface area contributed by atoms with Crippen molar-refractivity contribution in [2.45, 2.75) is 4.90 Å². The zero-order valence-corrected chi connectivity index (χ0v) is 14.3. The molecule has 0 unspecified atom stereocenters. The minimum absolute atomic E-state index is 0.168. The minimum atomic E-state index is -0.168. The monoisotopic (exact) mass is 381 g/mol. The van der Waals surface area contributed by atoms with E-state index in [1.54, 1.807) is 30.0 Å². The summed E-state index contributed by atoms with van der Waals surface area (Å²) in [4.78, 5) is 13.3. The van der Waals surface area contributed by atoms with Gasteiger partial charge in [0.2, 0.25) is 0 Å². The molecule has 2 aromatic rings. The third kappa shape index (κ3) is 4.37. The maximum atomic E-state index is 12.3. The van der Waals surface area contributed by atoms with Crippen LogP contribution in [0.4, 0.5) is 5.69 Å². The third-order valence-corrected chi connectivity index (χ3v) is 4.96. The molecule has 0 aliphatic heterocycles. The van der Waals surface area contributed by atoms with Crippen molar-refractivity contribution in [2.24, 2.45) is 0 Å². The second kappa shape index (κ2) is 7.69. The van der Waals surface area contributed by atoms with Crippen molar-refractivity contribution in [3.8, 4) is 0 Å². The number of amides is 1. The molecule has 1 amide bonds. The molecule has 2 rings (SSSR count). The second-order valence-corrected chi connectivity index (χ2v) is 6.50. The Morgan fingerprint density at radius 2 is 2.10 bits per heavy atom. The molecule has 0 saturated carbocycles. The predicted molar refractivity (Wildman–Crippen MR) is 94.5 cm³/mol. The average Bonchev–Trinajstić information content (AvgIpc) is 2.49. The number of thioether (sulfide) groups is 1. The van der Waals surface area contributed by atoms with E-state index >= 15 is 0 Å². The summed E-state index contributed by atoms with van der Waals surface area (Å²) in [6, 6.07) is 12.8. The van der Waals surface area contributed by atoms with E-state index < -0.39 is 0 Å². The number of halogens is 2. The average molecular weight is 383 g/mol. The Labute approximate surface area is 141 Å². The summed E-state index contributed by atoms with van der Waals surface area (Å²) in [6.07, 6.45) is 1.83. The van der Waals surface area contributed by atoms with Gasteiger partial charge in [-0.1, -0.05) is 29.8 Å². The first-order chi connectivity index (χ1) is 10.1. The van der Waals surface area contributed by atoms with E-state index in [1.165, 1.54) is 0 Å². The SMILES string of the molecule is C=CCSc1ccccc1NC(=O)c1ccc(Cl)c(Br)c1. The zero-order chi connectivity index (χ0) is 15.2. The Morgan fingerprint density at radius 1 is 1.33 bits per heavy atom. The normalized spacial score (nSPS) is 10.2. The highest BCUT2D eigenvalue weighted by Gasteiger charge is 2.10. The Bertz CT molecular complexity index is 675. The second-order valence-electron chi connectivity index (χ2n) is 4.18. The number of hydrogen-bond acceptors (Lipinski definition) is 2. The number of rotatable bonds is 5. The number of nitrogens with one attached hydrogen (secondary N) is 1. The number of carbonyl (C=O) groups excluding carboxylic acids is 1. The molecule has 21 heavy (non-hydrogen) atoms. The lowest BCUT2D eigenvalue weighted by Crippen LogP contribution is -2.12. The van der Waals surface area contributed by atoms with Crippen LogP contribution in [0, 0.1) is 0 Å². The summed E-state index contributed by atoms with van der Waals surface area (Å²) < 4.78 is 0.700. The van der Waals surface area contributed by atoms with Crippen LogP contribution in [0.3, 0.4) is 0 Å². The molecule has 2 aromatic carbocycles. The molecule has 0 aromatic heterocycles. The van der Waals surface area contributed by atoms with Crippen LogP contribution in [0.1, 0.15) is 10.4 Å². The highest BCUT2D eigenvalue weighted by molar-refractivity contribution is 9.10. The van der Waals surface area contributed by atoms with E-state index in [4.69, 9.17) is 11.6 Å². The van der Waals surface area contributed by atoms with Crippen LogP contribution in [-0.4, -0.2) is 11.7 Å². The fourth-order valence-electron chi connectivity index (χ4n) is 1.68. The van der Waals surface area contributed by atoms with Gasteiger partial charge in [-0.3, -0.25) is 4.79 Å². The van der Waals surface area contributed by atoms with Crippen molar-refractivity contribution in [1.29, 1.82) is 0 Å². The van der Waals surface area contributed by atoms with Gasteiger partial charge in [-0.05, 0) is 46.3 Å². The first kappa shape index (κ1) is 16.1. The van der Waals surface area contributed by atoms with Crippen LogP contribution in [0.2, 0.25) is 5.02 Å².